The highest BCUT2D eigenvalue weighted by Gasteiger charge is 2.46. The summed E-state index contributed by atoms with van der Waals surface area (Å²) in [6, 6.07) is 65.5. The van der Waals surface area contributed by atoms with Crippen molar-refractivity contribution in [2.75, 3.05) is 14.7 Å². The molecule has 0 unspecified atom stereocenters. The molecule has 0 saturated carbocycles. The highest BCUT2D eigenvalue weighted by molar-refractivity contribution is 7.00. The lowest BCUT2D eigenvalue weighted by molar-refractivity contribution is 0.590. The van der Waals surface area contributed by atoms with E-state index >= 15 is 0 Å². The summed E-state index contributed by atoms with van der Waals surface area (Å²) in [6.07, 6.45) is 2.22. The van der Waals surface area contributed by atoms with Crippen LogP contribution in [0.2, 0.25) is 0 Å². The van der Waals surface area contributed by atoms with Gasteiger partial charge in [-0.25, -0.2) is 0 Å². The molecule has 0 N–H and O–H groups in total. The van der Waals surface area contributed by atoms with Crippen LogP contribution in [-0.4, -0.2) is 11.1 Å². The van der Waals surface area contributed by atoms with Gasteiger partial charge in [0.05, 0.1) is 5.69 Å². The van der Waals surface area contributed by atoms with Gasteiger partial charge < -0.3 is 18.6 Å². The molecule has 0 fully saturated rings. The van der Waals surface area contributed by atoms with Crippen molar-refractivity contribution in [1.29, 1.82) is 0 Å². The molecule has 6 heteroatoms. The van der Waals surface area contributed by atoms with Gasteiger partial charge in [-0.1, -0.05) is 147 Å². The fourth-order valence-corrected chi connectivity index (χ4v) is 10.8. The second-order valence-electron chi connectivity index (χ2n) is 22.0. The van der Waals surface area contributed by atoms with E-state index in [0.29, 0.717) is 0 Å². The van der Waals surface area contributed by atoms with Crippen LogP contribution in [0.15, 0.2) is 187 Å². The number of hydrogen-bond donors (Lipinski definition) is 0. The van der Waals surface area contributed by atoms with Crippen LogP contribution >= 0.6 is 0 Å². The monoisotopic (exact) mass is 884 g/mol. The summed E-state index contributed by atoms with van der Waals surface area (Å²) in [7, 11) is 0. The average molecular weight is 885 g/mol. The predicted octanol–water partition coefficient (Wildman–Crippen LogP) is 15.3. The zero-order chi connectivity index (χ0) is 46.9. The van der Waals surface area contributed by atoms with Crippen LogP contribution in [0.1, 0.15) is 79.0 Å². The van der Waals surface area contributed by atoms with E-state index in [9.17, 15) is 0 Å². The Labute approximate surface area is 401 Å². The van der Waals surface area contributed by atoms with E-state index in [2.05, 4.69) is 264 Å². The third kappa shape index (κ3) is 6.59. The fraction of sp³-hybridized carbons (Fsp3) is 0.194. The van der Waals surface area contributed by atoms with Gasteiger partial charge in [0.1, 0.15) is 11.4 Å². The molecule has 5 heterocycles. The van der Waals surface area contributed by atoms with Crippen molar-refractivity contribution >= 4 is 102 Å². The molecular weight excluding hydrogens is 828 g/mol. The zero-order valence-corrected chi connectivity index (χ0v) is 40.6. The van der Waals surface area contributed by atoms with Crippen LogP contribution in [-0.2, 0) is 16.2 Å². The number of benzene rings is 7. The van der Waals surface area contributed by atoms with E-state index in [1.54, 1.807) is 0 Å². The molecule has 10 aromatic rings. The lowest BCUT2D eigenvalue weighted by Gasteiger charge is -2.44. The van der Waals surface area contributed by atoms with E-state index < -0.39 is 0 Å². The van der Waals surface area contributed by atoms with Crippen LogP contribution in [0.3, 0.4) is 0 Å². The molecule has 0 saturated heterocycles. The summed E-state index contributed by atoms with van der Waals surface area (Å²) in [4.78, 5) is 7.47. The summed E-state index contributed by atoms with van der Waals surface area (Å²) < 4.78 is 9.36. The van der Waals surface area contributed by atoms with E-state index in [4.69, 9.17) is 4.42 Å². The van der Waals surface area contributed by atoms with Gasteiger partial charge in [0.25, 0.3) is 6.71 Å². The molecule has 0 bridgehead atoms. The molecule has 334 valence electrons. The Morgan fingerprint density at radius 2 is 1.03 bits per heavy atom. The van der Waals surface area contributed by atoms with Crippen molar-refractivity contribution in [3.8, 4) is 0 Å². The lowest BCUT2D eigenvalue weighted by Crippen LogP contribution is -2.61. The van der Waals surface area contributed by atoms with Crippen molar-refractivity contribution in [3.63, 3.8) is 0 Å². The Balaban J connectivity index is 1.18. The predicted molar refractivity (Wildman–Crippen MR) is 289 cm³/mol. The van der Waals surface area contributed by atoms with E-state index in [0.717, 1.165) is 61.8 Å². The Morgan fingerprint density at radius 1 is 0.441 bits per heavy atom. The molecule has 68 heavy (non-hydrogen) atoms. The standard InChI is InChI=1S/C62H57BN4O/c1-60(2,3)40-25-29-44(30-26-40)65(45-31-27-41(28-32-45)61(4,5)6)47-33-34-50-53(39-47)67(52-23-17-22-49-48-21-13-14-24-56(48)68-58(49)52)55-37-42(62(7,8)9)36-54-57(55)63(50)51-38-46-20-15-16-35-64(46)59(51)66(54)43-18-11-10-12-19-43/h10-39H,1-9H3. The number of aromatic nitrogens is 1. The third-order valence-electron chi connectivity index (χ3n) is 14.4. The summed E-state index contributed by atoms with van der Waals surface area (Å²) in [6.45, 7) is 20.6. The first-order valence-electron chi connectivity index (χ1n) is 24.1. The molecule has 5 nitrogen and oxygen atoms in total. The number of pyridine rings is 1. The van der Waals surface area contributed by atoms with E-state index in [1.807, 2.05) is 0 Å². The molecule has 12 rings (SSSR count). The Hall–Kier alpha value is -7.44. The zero-order valence-electron chi connectivity index (χ0n) is 40.6. The maximum atomic E-state index is 6.98. The Kier molecular flexibility index (Phi) is 9.28. The molecule has 2 aliphatic rings. The fourth-order valence-electron chi connectivity index (χ4n) is 10.8. The summed E-state index contributed by atoms with van der Waals surface area (Å²) in [5.74, 6) is 1.17. The van der Waals surface area contributed by atoms with Crippen LogP contribution < -0.4 is 31.1 Å². The topological polar surface area (TPSA) is 27.3 Å². The van der Waals surface area contributed by atoms with Gasteiger partial charge in [-0.15, -0.1) is 0 Å². The van der Waals surface area contributed by atoms with Crippen LogP contribution in [0.4, 0.5) is 51.3 Å². The largest absolute Gasteiger partial charge is 0.454 e. The third-order valence-corrected chi connectivity index (χ3v) is 14.4. The van der Waals surface area contributed by atoms with Gasteiger partial charge in [0, 0.05) is 62.3 Å². The van der Waals surface area contributed by atoms with Gasteiger partial charge in [0.15, 0.2) is 5.58 Å². The van der Waals surface area contributed by atoms with Gasteiger partial charge in [0.2, 0.25) is 0 Å². The molecule has 2 aliphatic heterocycles. The number of hydrogen-bond acceptors (Lipinski definition) is 4. The highest BCUT2D eigenvalue weighted by atomic mass is 16.3. The van der Waals surface area contributed by atoms with E-state index in [-0.39, 0.29) is 23.0 Å². The number of furan rings is 1. The van der Waals surface area contributed by atoms with E-state index in [1.165, 1.54) is 50.1 Å². The van der Waals surface area contributed by atoms with Crippen molar-refractivity contribution in [2.24, 2.45) is 0 Å². The maximum Gasteiger partial charge on any atom is 0.254 e. The quantitative estimate of drug-likeness (QED) is 0.161. The minimum Gasteiger partial charge on any atom is -0.454 e. The van der Waals surface area contributed by atoms with Gasteiger partial charge >= 0.3 is 0 Å². The lowest BCUT2D eigenvalue weighted by atomic mass is 9.34. The molecule has 0 aliphatic carbocycles. The first kappa shape index (κ1) is 42.0. The van der Waals surface area contributed by atoms with Crippen LogP contribution in [0.25, 0.3) is 27.5 Å². The molecule has 0 amide bonds. The average Bonchev–Trinajstić information content (AvgIpc) is 3.90. The molecule has 0 radical (unpaired) electrons. The number of anilines is 9. The summed E-state index contributed by atoms with van der Waals surface area (Å²) in [5, 5.41) is 2.22. The summed E-state index contributed by atoms with van der Waals surface area (Å²) >= 11 is 0. The number of nitrogens with zero attached hydrogens (tertiary/aromatic N) is 4. The Morgan fingerprint density at radius 3 is 1.69 bits per heavy atom. The van der Waals surface area contributed by atoms with Crippen molar-refractivity contribution in [3.05, 3.63) is 199 Å². The van der Waals surface area contributed by atoms with Crippen molar-refractivity contribution in [2.45, 2.75) is 78.6 Å². The minimum absolute atomic E-state index is 0.0265. The highest BCUT2D eigenvalue weighted by Crippen LogP contribution is 2.50. The second-order valence-corrected chi connectivity index (χ2v) is 22.0. The summed E-state index contributed by atoms with van der Waals surface area (Å²) in [5.41, 5.74) is 19.4. The SMILES string of the molecule is CC(C)(C)c1ccc(N(c2ccc(C(C)(C)C)cc2)c2ccc3c(c2)N(c2cccc4c2oc2ccccc24)c2cc(C(C)(C)C)cc4c2B3c2cc3ccccn3c2N4c2ccccc2)cc1. The Bertz CT molecular complexity index is 3520. The molecule has 0 atom stereocenters. The van der Waals surface area contributed by atoms with Crippen LogP contribution in [0.5, 0.6) is 0 Å². The molecule has 3 aromatic heterocycles. The minimum atomic E-state index is -0.167. The normalized spacial score (nSPS) is 13.6. The van der Waals surface area contributed by atoms with Gasteiger partial charge in [-0.2, -0.15) is 0 Å². The van der Waals surface area contributed by atoms with Gasteiger partial charge in [-0.05, 0) is 140 Å². The maximum absolute atomic E-state index is 6.98. The number of rotatable bonds is 5. The molecule has 7 aromatic carbocycles. The van der Waals surface area contributed by atoms with Crippen LogP contribution in [0, 0.1) is 0 Å². The van der Waals surface area contributed by atoms with Gasteiger partial charge in [-0.3, -0.25) is 4.90 Å². The number of para-hydroxylation sites is 3. The van der Waals surface area contributed by atoms with Crippen molar-refractivity contribution in [1.82, 2.24) is 4.40 Å². The first-order valence-corrected chi connectivity index (χ1v) is 24.1. The number of fused-ring (bicyclic) bond motifs is 9. The van der Waals surface area contributed by atoms with Crippen molar-refractivity contribution < 1.29 is 4.42 Å². The first-order chi connectivity index (χ1) is 32.6. The smallest absolute Gasteiger partial charge is 0.254 e. The molecular formula is C62H57BN4O. The molecule has 0 spiro atoms. The second kappa shape index (κ2) is 15.0.